The lowest BCUT2D eigenvalue weighted by Crippen LogP contribution is -2.35. The number of hydrazone groups is 1. The number of anilines is 1. The second kappa shape index (κ2) is 6.76. The summed E-state index contributed by atoms with van der Waals surface area (Å²) in [6.07, 6.45) is 2.17. The third kappa shape index (κ3) is 3.30. The molecule has 1 aliphatic carbocycles. The number of hydrogen-bond acceptors (Lipinski definition) is 4. The van der Waals surface area contributed by atoms with Crippen LogP contribution in [0.5, 0.6) is 0 Å². The SMILES string of the molecule is Cc1c(C(=O)N2c3ccccc3CC2C)oc2c1/C(=N\NC(N)=O)CC(C)(C)C2. The van der Waals surface area contributed by atoms with E-state index in [9.17, 15) is 9.59 Å². The second-order valence-electron chi connectivity index (χ2n) is 8.76. The minimum absolute atomic E-state index is 0.0579. The van der Waals surface area contributed by atoms with Crippen molar-refractivity contribution >= 4 is 23.3 Å². The highest BCUT2D eigenvalue weighted by Crippen LogP contribution is 2.40. The number of furan rings is 1. The number of urea groups is 1. The lowest BCUT2D eigenvalue weighted by atomic mass is 9.75. The molecule has 1 unspecified atom stereocenters. The summed E-state index contributed by atoms with van der Waals surface area (Å²) >= 11 is 0. The van der Waals surface area contributed by atoms with Crippen LogP contribution in [0, 0.1) is 12.3 Å². The highest BCUT2D eigenvalue weighted by molar-refractivity contribution is 6.11. The Morgan fingerprint density at radius 2 is 2.00 bits per heavy atom. The van der Waals surface area contributed by atoms with Crippen LogP contribution < -0.4 is 16.1 Å². The number of rotatable bonds is 2. The van der Waals surface area contributed by atoms with Crippen LogP contribution in [0.3, 0.4) is 0 Å². The summed E-state index contributed by atoms with van der Waals surface area (Å²) in [5, 5.41) is 4.21. The molecule has 7 nitrogen and oxygen atoms in total. The van der Waals surface area contributed by atoms with Crippen molar-refractivity contribution < 1.29 is 14.0 Å². The molecule has 0 radical (unpaired) electrons. The van der Waals surface area contributed by atoms with E-state index in [4.69, 9.17) is 10.2 Å². The maximum absolute atomic E-state index is 13.5. The number of para-hydroxylation sites is 1. The fourth-order valence-electron chi connectivity index (χ4n) is 4.52. The van der Waals surface area contributed by atoms with Crippen LogP contribution in [0.4, 0.5) is 10.5 Å². The number of nitrogens with zero attached hydrogens (tertiary/aromatic N) is 2. The molecule has 0 fully saturated rings. The fraction of sp³-hybridized carbons (Fsp3) is 0.409. The molecule has 7 heteroatoms. The molecule has 0 saturated carbocycles. The molecule has 4 rings (SSSR count). The van der Waals surface area contributed by atoms with Crippen LogP contribution in [0.25, 0.3) is 0 Å². The van der Waals surface area contributed by atoms with Crippen LogP contribution in [-0.4, -0.2) is 23.7 Å². The van der Waals surface area contributed by atoms with Crippen molar-refractivity contribution in [2.75, 3.05) is 4.90 Å². The monoisotopic (exact) mass is 394 g/mol. The van der Waals surface area contributed by atoms with E-state index in [1.807, 2.05) is 36.9 Å². The number of amides is 3. The van der Waals surface area contributed by atoms with Gasteiger partial charge in [-0.2, -0.15) is 5.10 Å². The molecule has 0 saturated heterocycles. The average molecular weight is 394 g/mol. The van der Waals surface area contributed by atoms with Crippen molar-refractivity contribution in [3.8, 4) is 0 Å². The zero-order chi connectivity index (χ0) is 20.9. The Kier molecular flexibility index (Phi) is 4.48. The minimum atomic E-state index is -0.720. The summed E-state index contributed by atoms with van der Waals surface area (Å²) in [6.45, 7) is 8.13. The molecule has 1 aromatic heterocycles. The van der Waals surface area contributed by atoms with Gasteiger partial charge in [-0.1, -0.05) is 32.0 Å². The fourth-order valence-corrected chi connectivity index (χ4v) is 4.52. The topological polar surface area (TPSA) is 101 Å². The van der Waals surface area contributed by atoms with Crippen LogP contribution in [0.1, 0.15) is 60.2 Å². The first kappa shape index (κ1) is 19.2. The molecule has 3 N–H and O–H groups in total. The predicted octanol–water partition coefficient (Wildman–Crippen LogP) is 3.52. The van der Waals surface area contributed by atoms with Gasteiger partial charge in [0.1, 0.15) is 5.76 Å². The number of nitrogens with two attached hydrogens (primary N) is 1. The minimum Gasteiger partial charge on any atom is -0.455 e. The van der Waals surface area contributed by atoms with E-state index in [1.54, 1.807) is 0 Å². The smallest absolute Gasteiger partial charge is 0.332 e. The van der Waals surface area contributed by atoms with E-state index in [0.717, 1.165) is 34.6 Å². The van der Waals surface area contributed by atoms with E-state index in [1.165, 1.54) is 0 Å². The van der Waals surface area contributed by atoms with Gasteiger partial charge in [-0.15, -0.1) is 0 Å². The number of carbonyl (C=O) groups excluding carboxylic acids is 2. The summed E-state index contributed by atoms with van der Waals surface area (Å²) in [5.74, 6) is 0.921. The Morgan fingerprint density at radius 1 is 1.28 bits per heavy atom. The zero-order valence-electron chi connectivity index (χ0n) is 17.2. The molecule has 1 aliphatic heterocycles. The zero-order valence-corrected chi connectivity index (χ0v) is 17.2. The van der Waals surface area contributed by atoms with Crippen LogP contribution in [0.15, 0.2) is 33.8 Å². The van der Waals surface area contributed by atoms with Crippen molar-refractivity contribution in [2.24, 2.45) is 16.3 Å². The molecule has 1 aromatic carbocycles. The van der Waals surface area contributed by atoms with E-state index in [-0.39, 0.29) is 17.4 Å². The van der Waals surface area contributed by atoms with Gasteiger partial charge in [-0.3, -0.25) is 4.79 Å². The summed E-state index contributed by atoms with van der Waals surface area (Å²) in [7, 11) is 0. The second-order valence-corrected chi connectivity index (χ2v) is 8.76. The van der Waals surface area contributed by atoms with Gasteiger partial charge >= 0.3 is 6.03 Å². The van der Waals surface area contributed by atoms with Crippen LogP contribution >= 0.6 is 0 Å². The van der Waals surface area contributed by atoms with Crippen molar-refractivity contribution in [2.45, 2.75) is 53.0 Å². The largest absolute Gasteiger partial charge is 0.455 e. The van der Waals surface area contributed by atoms with Gasteiger partial charge in [0, 0.05) is 29.3 Å². The number of carbonyl (C=O) groups is 2. The molecule has 3 amide bonds. The van der Waals surface area contributed by atoms with Crippen LogP contribution in [-0.2, 0) is 12.8 Å². The summed E-state index contributed by atoms with van der Waals surface area (Å²) < 4.78 is 6.13. The van der Waals surface area contributed by atoms with Crippen molar-refractivity contribution in [1.29, 1.82) is 0 Å². The van der Waals surface area contributed by atoms with Gasteiger partial charge in [-0.05, 0) is 43.7 Å². The van der Waals surface area contributed by atoms with Gasteiger partial charge < -0.3 is 15.1 Å². The van der Waals surface area contributed by atoms with Crippen molar-refractivity contribution in [3.63, 3.8) is 0 Å². The van der Waals surface area contributed by atoms with E-state index < -0.39 is 6.03 Å². The Bertz CT molecular complexity index is 1030. The van der Waals surface area contributed by atoms with Gasteiger partial charge in [0.05, 0.1) is 5.71 Å². The van der Waals surface area contributed by atoms with Gasteiger partial charge in [0.2, 0.25) is 0 Å². The summed E-state index contributed by atoms with van der Waals surface area (Å²) in [4.78, 5) is 26.5. The van der Waals surface area contributed by atoms with E-state index in [2.05, 4.69) is 30.4 Å². The number of primary amides is 1. The maximum atomic E-state index is 13.5. The highest BCUT2D eigenvalue weighted by Gasteiger charge is 2.39. The van der Waals surface area contributed by atoms with E-state index in [0.29, 0.717) is 24.3 Å². The molecule has 0 bridgehead atoms. The first-order valence-electron chi connectivity index (χ1n) is 9.84. The number of hydrogen-bond donors (Lipinski definition) is 2. The van der Waals surface area contributed by atoms with Gasteiger partial charge in [-0.25, -0.2) is 10.2 Å². The van der Waals surface area contributed by atoms with Gasteiger partial charge in [0.25, 0.3) is 5.91 Å². The molecule has 0 spiro atoms. The van der Waals surface area contributed by atoms with Crippen LogP contribution in [0.2, 0.25) is 0 Å². The Labute approximate surface area is 169 Å². The number of fused-ring (bicyclic) bond motifs is 2. The summed E-state index contributed by atoms with van der Waals surface area (Å²) in [5.41, 5.74) is 11.7. The third-order valence-corrected chi connectivity index (χ3v) is 5.71. The molecule has 29 heavy (non-hydrogen) atoms. The maximum Gasteiger partial charge on any atom is 0.332 e. The first-order valence-corrected chi connectivity index (χ1v) is 9.84. The Morgan fingerprint density at radius 3 is 2.72 bits per heavy atom. The third-order valence-electron chi connectivity index (χ3n) is 5.71. The molecule has 2 aliphatic rings. The highest BCUT2D eigenvalue weighted by atomic mass is 16.4. The lowest BCUT2D eigenvalue weighted by Gasteiger charge is -2.29. The molecule has 2 heterocycles. The molecular weight excluding hydrogens is 368 g/mol. The number of nitrogens with one attached hydrogen (secondary N) is 1. The first-order chi connectivity index (χ1) is 13.7. The lowest BCUT2D eigenvalue weighted by molar-refractivity contribution is 0.0950. The van der Waals surface area contributed by atoms with Gasteiger partial charge in [0.15, 0.2) is 5.76 Å². The average Bonchev–Trinajstić information content (AvgIpc) is 3.14. The molecular formula is C22H26N4O3. The molecule has 2 aromatic rings. The summed E-state index contributed by atoms with van der Waals surface area (Å²) in [6, 6.07) is 7.31. The quantitative estimate of drug-likeness (QED) is 0.762. The predicted molar refractivity (Wildman–Crippen MR) is 111 cm³/mol. The number of benzene rings is 1. The Balaban J connectivity index is 1.77. The Hall–Kier alpha value is -3.09. The normalized spacial score (nSPS) is 21.0. The molecule has 1 atom stereocenters. The standard InChI is InChI=1S/C22H26N4O3/c1-12-9-14-7-5-6-8-16(14)26(12)20(27)19-13(2)18-15(24-25-21(23)28)10-22(3,4)11-17(18)29-19/h5-8,12H,9-11H2,1-4H3,(H3,23,25,28)/b24-15-. The van der Waals surface area contributed by atoms with Crippen molar-refractivity contribution in [3.05, 3.63) is 52.5 Å². The van der Waals surface area contributed by atoms with Crippen molar-refractivity contribution in [1.82, 2.24) is 5.43 Å². The molecule has 152 valence electrons. The van der Waals surface area contributed by atoms with E-state index >= 15 is 0 Å².